The average Bonchev–Trinajstić information content (AvgIpc) is 2.26. The van der Waals surface area contributed by atoms with E-state index in [9.17, 15) is 8.78 Å². The van der Waals surface area contributed by atoms with Crippen LogP contribution in [-0.4, -0.2) is 19.0 Å². The molecule has 0 heterocycles. The van der Waals surface area contributed by atoms with Crippen LogP contribution >= 0.6 is 15.9 Å². The highest BCUT2D eigenvalue weighted by Crippen LogP contribution is 2.24. The van der Waals surface area contributed by atoms with Gasteiger partial charge in [0.15, 0.2) is 0 Å². The summed E-state index contributed by atoms with van der Waals surface area (Å²) in [7, 11) is 0. The first-order chi connectivity index (χ1) is 7.50. The van der Waals surface area contributed by atoms with Crippen molar-refractivity contribution >= 4 is 21.6 Å². The summed E-state index contributed by atoms with van der Waals surface area (Å²) in [5.41, 5.74) is 5.57. The van der Waals surface area contributed by atoms with Gasteiger partial charge in [0.2, 0.25) is 0 Å². The molecule has 0 saturated carbocycles. The molecule has 3 nitrogen and oxygen atoms in total. The third kappa shape index (κ3) is 3.15. The van der Waals surface area contributed by atoms with Crippen LogP contribution in [0.1, 0.15) is 5.56 Å². The molecule has 1 aromatic carbocycles. The van der Waals surface area contributed by atoms with E-state index in [1.54, 1.807) is 18.2 Å². The Balaban J connectivity index is 2.83. The Kier molecular flexibility index (Phi) is 4.21. The molecule has 86 valence electrons. The summed E-state index contributed by atoms with van der Waals surface area (Å²) >= 11 is 3.17. The number of nitrogens with one attached hydrogen (secondary N) is 1. The van der Waals surface area contributed by atoms with Gasteiger partial charge in [-0.1, -0.05) is 6.07 Å². The van der Waals surface area contributed by atoms with E-state index in [1.807, 2.05) is 6.07 Å². The molecule has 6 heteroatoms. The molecule has 0 aliphatic heterocycles. The lowest BCUT2D eigenvalue weighted by Gasteiger charge is -2.16. The molecule has 0 aliphatic rings. The quantitative estimate of drug-likeness (QED) is 0.894. The number of alkyl halides is 2. The minimum atomic E-state index is -2.98. The van der Waals surface area contributed by atoms with E-state index in [4.69, 9.17) is 11.0 Å². The van der Waals surface area contributed by atoms with Crippen LogP contribution in [0.4, 0.5) is 14.5 Å². The molecular weight excluding hydrogens is 280 g/mol. The third-order valence-electron chi connectivity index (χ3n) is 1.96. The molecule has 0 atom stereocenters. The third-order valence-corrected chi connectivity index (χ3v) is 2.62. The van der Waals surface area contributed by atoms with Crippen molar-refractivity contribution in [3.63, 3.8) is 0 Å². The Bertz CT molecular complexity index is 415. The average molecular weight is 290 g/mol. The van der Waals surface area contributed by atoms with Gasteiger partial charge >= 0.3 is 0 Å². The zero-order valence-electron chi connectivity index (χ0n) is 8.30. The highest BCUT2D eigenvalue weighted by atomic mass is 79.9. The number of nitrogens with two attached hydrogens (primary N) is 1. The molecule has 0 saturated heterocycles. The number of hydrogen-bond acceptors (Lipinski definition) is 3. The zero-order chi connectivity index (χ0) is 12.2. The van der Waals surface area contributed by atoms with Crippen LogP contribution < -0.4 is 11.1 Å². The largest absolute Gasteiger partial charge is 0.378 e. The van der Waals surface area contributed by atoms with E-state index in [-0.39, 0.29) is 0 Å². The van der Waals surface area contributed by atoms with Gasteiger partial charge < -0.3 is 11.1 Å². The molecule has 0 amide bonds. The molecule has 0 aliphatic carbocycles. The fourth-order valence-electron chi connectivity index (χ4n) is 1.08. The van der Waals surface area contributed by atoms with E-state index in [1.165, 1.54) is 0 Å². The normalized spacial score (nSPS) is 10.9. The highest BCUT2D eigenvalue weighted by Gasteiger charge is 2.26. The Labute approximate surface area is 100 Å². The molecule has 3 N–H and O–H groups in total. The fraction of sp³-hybridized carbons (Fsp3) is 0.300. The van der Waals surface area contributed by atoms with Crippen molar-refractivity contribution in [3.05, 3.63) is 28.2 Å². The molecule has 0 bridgehead atoms. The lowest BCUT2D eigenvalue weighted by atomic mass is 10.2. The van der Waals surface area contributed by atoms with Crippen LogP contribution in [-0.2, 0) is 0 Å². The van der Waals surface area contributed by atoms with Crippen LogP contribution in [0.2, 0.25) is 0 Å². The van der Waals surface area contributed by atoms with Crippen molar-refractivity contribution in [2.75, 3.05) is 18.4 Å². The summed E-state index contributed by atoms with van der Waals surface area (Å²) in [5, 5.41) is 11.4. The molecule has 0 aromatic heterocycles. The van der Waals surface area contributed by atoms with Crippen LogP contribution in [0.3, 0.4) is 0 Å². The van der Waals surface area contributed by atoms with Gasteiger partial charge in [-0.3, -0.25) is 0 Å². The summed E-state index contributed by atoms with van der Waals surface area (Å²) in [5.74, 6) is -2.98. The van der Waals surface area contributed by atoms with Gasteiger partial charge in [-0.05, 0) is 28.1 Å². The number of anilines is 1. The molecule has 16 heavy (non-hydrogen) atoms. The number of halogens is 3. The molecule has 0 radical (unpaired) electrons. The molecule has 0 unspecified atom stereocenters. The van der Waals surface area contributed by atoms with E-state index >= 15 is 0 Å². The molecule has 0 spiro atoms. The first-order valence-corrected chi connectivity index (χ1v) is 5.30. The lowest BCUT2D eigenvalue weighted by Crippen LogP contribution is -2.35. The van der Waals surface area contributed by atoms with Gasteiger partial charge in [0.25, 0.3) is 5.92 Å². The van der Waals surface area contributed by atoms with E-state index in [2.05, 4.69) is 21.2 Å². The summed E-state index contributed by atoms with van der Waals surface area (Å²) in [6.45, 7) is -1.31. The van der Waals surface area contributed by atoms with Crippen molar-refractivity contribution < 1.29 is 8.78 Å². The first-order valence-electron chi connectivity index (χ1n) is 4.50. The van der Waals surface area contributed by atoms with Crippen molar-refractivity contribution in [2.45, 2.75) is 5.92 Å². The fourth-order valence-corrected chi connectivity index (χ4v) is 1.54. The molecular formula is C10H10BrF2N3. The van der Waals surface area contributed by atoms with Crippen molar-refractivity contribution in [1.29, 1.82) is 5.26 Å². The van der Waals surface area contributed by atoms with Crippen molar-refractivity contribution in [1.82, 2.24) is 0 Å². The second-order valence-corrected chi connectivity index (χ2v) is 4.04. The maximum atomic E-state index is 12.9. The number of benzene rings is 1. The Morgan fingerprint density at radius 3 is 2.75 bits per heavy atom. The minimum Gasteiger partial charge on any atom is -0.378 e. The van der Waals surface area contributed by atoms with E-state index < -0.39 is 19.0 Å². The number of nitrogens with zero attached hydrogens (tertiary/aromatic N) is 1. The molecule has 1 rings (SSSR count). The van der Waals surface area contributed by atoms with E-state index in [0.717, 1.165) is 0 Å². The summed E-state index contributed by atoms with van der Waals surface area (Å²) in [6.07, 6.45) is 0. The van der Waals surface area contributed by atoms with Gasteiger partial charge in [0, 0.05) is 4.47 Å². The number of hydrogen-bond donors (Lipinski definition) is 2. The second kappa shape index (κ2) is 5.23. The Morgan fingerprint density at radius 2 is 2.19 bits per heavy atom. The predicted octanol–water partition coefficient (Wildman–Crippen LogP) is 2.33. The highest BCUT2D eigenvalue weighted by molar-refractivity contribution is 9.10. The Hall–Kier alpha value is -1.19. The van der Waals surface area contributed by atoms with Gasteiger partial charge in [-0.25, -0.2) is 8.78 Å². The molecule has 1 aromatic rings. The summed E-state index contributed by atoms with van der Waals surface area (Å²) in [6, 6.07) is 6.83. The molecule has 0 fully saturated rings. The lowest BCUT2D eigenvalue weighted by molar-refractivity contribution is 0.0254. The van der Waals surface area contributed by atoms with Gasteiger partial charge in [-0.2, -0.15) is 5.26 Å². The first kappa shape index (κ1) is 12.9. The topological polar surface area (TPSA) is 61.8 Å². The Morgan fingerprint density at radius 1 is 1.50 bits per heavy atom. The number of rotatable bonds is 4. The maximum Gasteiger partial charge on any atom is 0.276 e. The standard InChI is InChI=1S/C10H10BrF2N3/c11-8-2-1-3-9(7(8)4-14)16-6-10(12,13)5-15/h1-3,16H,5-6,15H2. The van der Waals surface area contributed by atoms with Gasteiger partial charge in [0.05, 0.1) is 24.3 Å². The van der Waals surface area contributed by atoms with Crippen LogP contribution in [0.25, 0.3) is 0 Å². The predicted molar refractivity (Wildman–Crippen MR) is 61.3 cm³/mol. The van der Waals surface area contributed by atoms with Gasteiger partial charge in [-0.15, -0.1) is 0 Å². The summed E-state index contributed by atoms with van der Waals surface area (Å²) in [4.78, 5) is 0. The maximum absolute atomic E-state index is 12.9. The van der Waals surface area contributed by atoms with Crippen LogP contribution in [0.15, 0.2) is 22.7 Å². The minimum absolute atomic E-state index is 0.301. The van der Waals surface area contributed by atoms with E-state index in [0.29, 0.717) is 15.7 Å². The zero-order valence-corrected chi connectivity index (χ0v) is 9.89. The monoisotopic (exact) mass is 289 g/mol. The number of nitriles is 1. The van der Waals surface area contributed by atoms with Crippen LogP contribution in [0, 0.1) is 11.3 Å². The van der Waals surface area contributed by atoms with Crippen LogP contribution in [0.5, 0.6) is 0 Å². The second-order valence-electron chi connectivity index (χ2n) is 3.19. The van der Waals surface area contributed by atoms with Gasteiger partial charge in [0.1, 0.15) is 6.07 Å². The summed E-state index contributed by atoms with van der Waals surface area (Å²) < 4.78 is 26.4. The smallest absolute Gasteiger partial charge is 0.276 e. The van der Waals surface area contributed by atoms with Crippen molar-refractivity contribution in [3.8, 4) is 6.07 Å². The van der Waals surface area contributed by atoms with Crippen molar-refractivity contribution in [2.24, 2.45) is 5.73 Å². The SMILES string of the molecule is N#Cc1c(Br)cccc1NCC(F)(F)CN.